The highest BCUT2D eigenvalue weighted by Crippen LogP contribution is 2.13. The van der Waals surface area contributed by atoms with Gasteiger partial charge in [-0.05, 0) is 22.0 Å². The molecule has 14 heavy (non-hydrogen) atoms. The number of carbonyl (C=O) groups is 1. The van der Waals surface area contributed by atoms with E-state index in [0.717, 1.165) is 4.47 Å². The molecule has 0 saturated carbocycles. The molecule has 4 heteroatoms. The molecule has 3 nitrogen and oxygen atoms in total. The zero-order valence-electron chi connectivity index (χ0n) is 7.88. The van der Waals surface area contributed by atoms with Crippen LogP contribution in [0.15, 0.2) is 16.7 Å². The second-order valence-corrected chi connectivity index (χ2v) is 3.78. The van der Waals surface area contributed by atoms with Crippen molar-refractivity contribution in [2.24, 2.45) is 7.05 Å². The van der Waals surface area contributed by atoms with Crippen LogP contribution in [0.25, 0.3) is 0 Å². The minimum atomic E-state index is -0.103. The van der Waals surface area contributed by atoms with E-state index in [1.807, 2.05) is 13.2 Å². The van der Waals surface area contributed by atoms with Crippen molar-refractivity contribution >= 4 is 21.8 Å². The number of carbonyl (C=O) groups excluding carboxylic acids is 1. The molecule has 1 aromatic heterocycles. The average Bonchev–Trinajstić information content (AvgIpc) is 2.45. The molecule has 0 aliphatic rings. The van der Waals surface area contributed by atoms with E-state index >= 15 is 0 Å². The van der Waals surface area contributed by atoms with Gasteiger partial charge in [0.15, 0.2) is 0 Å². The molecule has 1 amide bonds. The van der Waals surface area contributed by atoms with Crippen LogP contribution in [-0.2, 0) is 7.05 Å². The molecule has 0 unspecified atom stereocenters. The molecular formula is C10H11BrN2O. The predicted molar refractivity (Wildman–Crippen MR) is 58.9 cm³/mol. The third-order valence-electron chi connectivity index (χ3n) is 1.76. The Bertz CT molecular complexity index is 376. The van der Waals surface area contributed by atoms with Gasteiger partial charge < -0.3 is 9.88 Å². The van der Waals surface area contributed by atoms with Crippen LogP contribution in [0.1, 0.15) is 16.9 Å². The van der Waals surface area contributed by atoms with Crippen LogP contribution in [0.4, 0.5) is 0 Å². The topological polar surface area (TPSA) is 34.0 Å². The third-order valence-corrected chi connectivity index (χ3v) is 2.19. The van der Waals surface area contributed by atoms with E-state index in [4.69, 9.17) is 6.42 Å². The lowest BCUT2D eigenvalue weighted by Crippen LogP contribution is -2.25. The molecule has 0 bridgehead atoms. The van der Waals surface area contributed by atoms with Crippen molar-refractivity contribution in [1.82, 2.24) is 9.88 Å². The molecule has 1 N–H and O–H groups in total. The first-order valence-corrected chi connectivity index (χ1v) is 4.98. The Morgan fingerprint density at radius 3 is 3.00 bits per heavy atom. The van der Waals surface area contributed by atoms with Gasteiger partial charge in [-0.25, -0.2) is 0 Å². The van der Waals surface area contributed by atoms with E-state index in [1.165, 1.54) is 0 Å². The lowest BCUT2D eigenvalue weighted by Gasteiger charge is -2.03. The van der Waals surface area contributed by atoms with Gasteiger partial charge >= 0.3 is 0 Å². The van der Waals surface area contributed by atoms with E-state index < -0.39 is 0 Å². The third kappa shape index (κ3) is 2.64. The van der Waals surface area contributed by atoms with Gasteiger partial charge in [-0.15, -0.1) is 12.3 Å². The minimum absolute atomic E-state index is 0.103. The number of aromatic nitrogens is 1. The normalized spacial score (nSPS) is 9.50. The zero-order valence-corrected chi connectivity index (χ0v) is 9.47. The Morgan fingerprint density at radius 1 is 1.79 bits per heavy atom. The summed E-state index contributed by atoms with van der Waals surface area (Å²) in [4.78, 5) is 11.5. The van der Waals surface area contributed by atoms with Crippen molar-refractivity contribution < 1.29 is 4.79 Å². The number of aryl methyl sites for hydroxylation is 1. The van der Waals surface area contributed by atoms with Crippen LogP contribution in [0, 0.1) is 12.3 Å². The number of nitrogens with one attached hydrogen (secondary N) is 1. The Kier molecular flexibility index (Phi) is 3.78. The van der Waals surface area contributed by atoms with E-state index in [0.29, 0.717) is 18.7 Å². The molecule has 1 aromatic rings. The molecule has 0 radical (unpaired) electrons. The summed E-state index contributed by atoms with van der Waals surface area (Å²) in [6, 6.07) is 1.77. The quantitative estimate of drug-likeness (QED) is 0.645. The first kappa shape index (κ1) is 10.9. The van der Waals surface area contributed by atoms with Crippen LogP contribution in [0.3, 0.4) is 0 Å². The fourth-order valence-corrected chi connectivity index (χ4v) is 1.61. The second-order valence-electron chi connectivity index (χ2n) is 2.86. The molecular weight excluding hydrogens is 244 g/mol. The number of hydrogen-bond acceptors (Lipinski definition) is 1. The number of hydrogen-bond donors (Lipinski definition) is 1. The van der Waals surface area contributed by atoms with Gasteiger partial charge in [0.1, 0.15) is 5.69 Å². The predicted octanol–water partition coefficient (Wildman–Crippen LogP) is 1.54. The maximum absolute atomic E-state index is 11.5. The van der Waals surface area contributed by atoms with Gasteiger partial charge in [-0.1, -0.05) is 0 Å². The monoisotopic (exact) mass is 254 g/mol. The Hall–Kier alpha value is -1.21. The first-order chi connectivity index (χ1) is 6.65. The van der Waals surface area contributed by atoms with Crippen molar-refractivity contribution in [2.75, 3.05) is 6.54 Å². The van der Waals surface area contributed by atoms with Crippen molar-refractivity contribution in [3.05, 3.63) is 22.4 Å². The first-order valence-electron chi connectivity index (χ1n) is 4.18. The van der Waals surface area contributed by atoms with Crippen LogP contribution in [0.2, 0.25) is 0 Å². The molecule has 0 spiro atoms. The highest BCUT2D eigenvalue weighted by molar-refractivity contribution is 9.10. The summed E-state index contributed by atoms with van der Waals surface area (Å²) in [7, 11) is 1.82. The number of rotatable bonds is 3. The zero-order chi connectivity index (χ0) is 10.6. The lowest BCUT2D eigenvalue weighted by atomic mass is 10.3. The van der Waals surface area contributed by atoms with E-state index in [2.05, 4.69) is 27.2 Å². The highest BCUT2D eigenvalue weighted by Gasteiger charge is 2.09. The summed E-state index contributed by atoms with van der Waals surface area (Å²) < 4.78 is 2.65. The summed E-state index contributed by atoms with van der Waals surface area (Å²) in [5, 5.41) is 2.73. The number of nitrogens with zero attached hydrogens (tertiary/aromatic N) is 1. The molecule has 0 saturated heterocycles. The fourth-order valence-electron chi connectivity index (χ4n) is 1.09. The Morgan fingerprint density at radius 2 is 2.50 bits per heavy atom. The SMILES string of the molecule is C#CCCNC(=O)c1cc(Br)cn1C. The molecule has 74 valence electrons. The van der Waals surface area contributed by atoms with E-state index in [1.54, 1.807) is 10.6 Å². The van der Waals surface area contributed by atoms with Gasteiger partial charge in [0.2, 0.25) is 0 Å². The van der Waals surface area contributed by atoms with Crippen molar-refractivity contribution in [1.29, 1.82) is 0 Å². The largest absolute Gasteiger partial charge is 0.350 e. The molecule has 0 aliphatic carbocycles. The van der Waals surface area contributed by atoms with Crippen LogP contribution in [-0.4, -0.2) is 17.0 Å². The van der Waals surface area contributed by atoms with E-state index in [9.17, 15) is 4.79 Å². The smallest absolute Gasteiger partial charge is 0.267 e. The summed E-state index contributed by atoms with van der Waals surface area (Å²) in [5.41, 5.74) is 0.619. The summed E-state index contributed by atoms with van der Waals surface area (Å²) in [5.74, 6) is 2.36. The summed E-state index contributed by atoms with van der Waals surface area (Å²) in [6.45, 7) is 0.512. The van der Waals surface area contributed by atoms with Gasteiger partial charge in [-0.3, -0.25) is 4.79 Å². The Labute approximate surface area is 91.6 Å². The number of halogens is 1. The van der Waals surface area contributed by atoms with Crippen LogP contribution >= 0.6 is 15.9 Å². The summed E-state index contributed by atoms with van der Waals surface area (Å²) in [6.07, 6.45) is 7.46. The Balaban J connectivity index is 2.61. The maximum atomic E-state index is 11.5. The number of terminal acetylenes is 1. The molecule has 0 aliphatic heterocycles. The lowest BCUT2D eigenvalue weighted by molar-refractivity contribution is 0.0946. The molecule has 0 atom stereocenters. The summed E-state index contributed by atoms with van der Waals surface area (Å²) >= 11 is 3.30. The van der Waals surface area contributed by atoms with Gasteiger partial charge in [0.05, 0.1) is 0 Å². The minimum Gasteiger partial charge on any atom is -0.350 e. The average molecular weight is 255 g/mol. The highest BCUT2D eigenvalue weighted by atomic mass is 79.9. The van der Waals surface area contributed by atoms with Crippen LogP contribution in [0.5, 0.6) is 0 Å². The second kappa shape index (κ2) is 4.87. The van der Waals surface area contributed by atoms with Gasteiger partial charge in [-0.2, -0.15) is 0 Å². The molecule has 1 rings (SSSR count). The maximum Gasteiger partial charge on any atom is 0.267 e. The van der Waals surface area contributed by atoms with Gasteiger partial charge in [0, 0.05) is 30.7 Å². The number of amides is 1. The van der Waals surface area contributed by atoms with E-state index in [-0.39, 0.29) is 5.91 Å². The molecule has 1 heterocycles. The van der Waals surface area contributed by atoms with Crippen LogP contribution < -0.4 is 5.32 Å². The van der Waals surface area contributed by atoms with Crippen molar-refractivity contribution in [3.8, 4) is 12.3 Å². The standard InChI is InChI=1S/C10H11BrN2O/c1-3-4-5-12-10(14)9-6-8(11)7-13(9)2/h1,6-7H,4-5H2,2H3,(H,12,14). The van der Waals surface area contributed by atoms with Crippen molar-refractivity contribution in [3.63, 3.8) is 0 Å². The van der Waals surface area contributed by atoms with Gasteiger partial charge in [0.25, 0.3) is 5.91 Å². The molecule has 0 aromatic carbocycles. The fraction of sp³-hybridized carbons (Fsp3) is 0.300. The molecule has 0 fully saturated rings. The van der Waals surface area contributed by atoms with Crippen molar-refractivity contribution in [2.45, 2.75) is 6.42 Å².